The minimum atomic E-state index is -0.852. The first kappa shape index (κ1) is 14.3. The normalized spacial score (nSPS) is 18.6. The van der Waals surface area contributed by atoms with Crippen LogP contribution >= 0.6 is 0 Å². The number of carbonyl (C=O) groups excluding carboxylic acids is 1. The van der Waals surface area contributed by atoms with Crippen LogP contribution in [0.1, 0.15) is 20.8 Å². The Labute approximate surface area is 114 Å². The predicted octanol–water partition coefficient (Wildman–Crippen LogP) is 0.907. The number of aliphatic hydroxyl groups is 1. The second-order valence-corrected chi connectivity index (χ2v) is 5.54. The van der Waals surface area contributed by atoms with Crippen LogP contribution in [-0.4, -0.2) is 44.2 Å². The summed E-state index contributed by atoms with van der Waals surface area (Å²) in [7, 11) is 0. The zero-order chi connectivity index (χ0) is 15.1. The average molecular weight is 284 g/mol. The number of β-amino-alcohol motifs (C(OH)–C–C–N with tert-alkyl or cyclic N) is 1. The molecule has 1 aliphatic rings. The van der Waals surface area contributed by atoms with E-state index < -0.39 is 22.7 Å². The topological polar surface area (TPSA) is 111 Å². The van der Waals surface area contributed by atoms with E-state index in [9.17, 15) is 20.0 Å². The van der Waals surface area contributed by atoms with E-state index in [1.54, 1.807) is 20.8 Å². The Morgan fingerprint density at radius 3 is 2.75 bits per heavy atom. The first-order valence-electron chi connectivity index (χ1n) is 6.08. The summed E-state index contributed by atoms with van der Waals surface area (Å²) in [6.45, 7) is 5.25. The van der Waals surface area contributed by atoms with E-state index in [1.165, 1.54) is 10.7 Å². The summed E-state index contributed by atoms with van der Waals surface area (Å²) in [5.74, 6) is -0.126. The number of nitrogens with zero attached hydrogens (tertiary/aromatic N) is 4. The van der Waals surface area contributed by atoms with E-state index in [0.717, 1.165) is 4.90 Å². The lowest BCUT2D eigenvalue weighted by atomic mass is 10.2. The van der Waals surface area contributed by atoms with Gasteiger partial charge in [0.05, 0.1) is 30.4 Å². The summed E-state index contributed by atoms with van der Waals surface area (Å²) >= 11 is 0. The number of rotatable bonds is 1. The summed E-state index contributed by atoms with van der Waals surface area (Å²) in [4.78, 5) is 23.3. The molecule has 0 saturated heterocycles. The lowest BCUT2D eigenvalue weighted by Gasteiger charge is -2.31. The van der Waals surface area contributed by atoms with Crippen LogP contribution in [-0.2, 0) is 11.3 Å². The van der Waals surface area contributed by atoms with Crippen molar-refractivity contribution in [2.45, 2.75) is 39.0 Å². The van der Waals surface area contributed by atoms with Gasteiger partial charge in [-0.2, -0.15) is 4.68 Å². The molecule has 1 aromatic heterocycles. The van der Waals surface area contributed by atoms with Crippen molar-refractivity contribution in [3.8, 4) is 0 Å². The second kappa shape index (κ2) is 4.75. The monoisotopic (exact) mass is 284 g/mol. The van der Waals surface area contributed by atoms with Crippen molar-refractivity contribution in [3.63, 3.8) is 0 Å². The number of nitro groups is 1. The Hall–Kier alpha value is -2.16. The van der Waals surface area contributed by atoms with E-state index in [1.807, 2.05) is 0 Å². The molecular weight excluding hydrogens is 268 g/mol. The van der Waals surface area contributed by atoms with Crippen LogP contribution in [0.4, 0.5) is 16.4 Å². The van der Waals surface area contributed by atoms with Gasteiger partial charge >= 0.3 is 11.9 Å². The van der Waals surface area contributed by atoms with Crippen LogP contribution in [0.3, 0.4) is 0 Å². The maximum atomic E-state index is 12.1. The number of hydrogen-bond donors (Lipinski definition) is 1. The maximum absolute atomic E-state index is 12.1. The molecule has 9 heteroatoms. The first-order chi connectivity index (χ1) is 9.17. The fourth-order valence-corrected chi connectivity index (χ4v) is 1.88. The molecule has 0 radical (unpaired) electrons. The molecule has 0 aromatic carbocycles. The van der Waals surface area contributed by atoms with Crippen LogP contribution in [0.5, 0.6) is 0 Å². The number of aromatic nitrogens is 2. The lowest BCUT2D eigenvalue weighted by molar-refractivity contribution is -0.389. The van der Waals surface area contributed by atoms with Gasteiger partial charge in [-0.15, -0.1) is 0 Å². The first-order valence-corrected chi connectivity index (χ1v) is 6.08. The largest absolute Gasteiger partial charge is 0.443 e. The van der Waals surface area contributed by atoms with Crippen LogP contribution in [0.25, 0.3) is 0 Å². The highest BCUT2D eigenvalue weighted by Gasteiger charge is 2.35. The summed E-state index contributed by atoms with van der Waals surface area (Å²) in [5.41, 5.74) is -0.698. The zero-order valence-electron chi connectivity index (χ0n) is 11.4. The fourth-order valence-electron chi connectivity index (χ4n) is 1.88. The van der Waals surface area contributed by atoms with E-state index in [4.69, 9.17) is 4.74 Å². The molecule has 1 aromatic rings. The third-order valence-electron chi connectivity index (χ3n) is 2.60. The van der Waals surface area contributed by atoms with Gasteiger partial charge < -0.3 is 20.0 Å². The number of carbonyl (C=O) groups is 1. The van der Waals surface area contributed by atoms with Crippen molar-refractivity contribution in [2.24, 2.45) is 0 Å². The van der Waals surface area contributed by atoms with Crippen molar-refractivity contribution >= 4 is 17.7 Å². The van der Waals surface area contributed by atoms with Crippen LogP contribution in [0.15, 0.2) is 6.07 Å². The van der Waals surface area contributed by atoms with Crippen LogP contribution in [0.2, 0.25) is 0 Å². The van der Waals surface area contributed by atoms with Gasteiger partial charge in [0.25, 0.3) is 0 Å². The van der Waals surface area contributed by atoms with E-state index >= 15 is 0 Å². The quantitative estimate of drug-likeness (QED) is 0.606. The summed E-state index contributed by atoms with van der Waals surface area (Å²) in [5, 5.41) is 24.2. The number of aliphatic hydroxyl groups excluding tert-OH is 1. The van der Waals surface area contributed by atoms with Crippen molar-refractivity contribution in [3.05, 3.63) is 16.2 Å². The Kier molecular flexibility index (Phi) is 3.38. The van der Waals surface area contributed by atoms with Gasteiger partial charge in [-0.25, -0.2) is 4.79 Å². The number of hydrogen-bond acceptors (Lipinski definition) is 6. The smallest absolute Gasteiger partial charge is 0.416 e. The summed E-state index contributed by atoms with van der Waals surface area (Å²) in [6, 6.07) is 1.19. The molecular formula is C11H16N4O5. The average Bonchev–Trinajstić information content (AvgIpc) is 2.68. The van der Waals surface area contributed by atoms with Crippen molar-refractivity contribution < 1.29 is 19.6 Å². The SMILES string of the molecule is CC(C)(C)OC(=O)N1CC(O)Cn2nc([N+](=O)[O-])cc21. The van der Waals surface area contributed by atoms with E-state index in [2.05, 4.69) is 5.10 Å². The lowest BCUT2D eigenvalue weighted by Crippen LogP contribution is -2.46. The zero-order valence-corrected chi connectivity index (χ0v) is 11.4. The summed E-state index contributed by atoms with van der Waals surface area (Å²) in [6.07, 6.45) is -1.53. The molecule has 0 bridgehead atoms. The number of fused-ring (bicyclic) bond motifs is 1. The van der Waals surface area contributed by atoms with Crippen LogP contribution < -0.4 is 4.90 Å². The van der Waals surface area contributed by atoms with Gasteiger partial charge in [-0.05, 0) is 25.7 Å². The highest BCUT2D eigenvalue weighted by molar-refractivity contribution is 5.87. The number of ether oxygens (including phenoxy) is 1. The minimum absolute atomic E-state index is 0.0117. The Balaban J connectivity index is 2.32. The molecule has 20 heavy (non-hydrogen) atoms. The molecule has 1 N–H and O–H groups in total. The van der Waals surface area contributed by atoms with Crippen molar-refractivity contribution in [1.29, 1.82) is 0 Å². The van der Waals surface area contributed by atoms with Crippen LogP contribution in [0, 0.1) is 10.1 Å². The summed E-state index contributed by atoms with van der Waals surface area (Å²) < 4.78 is 6.45. The molecule has 1 aliphatic heterocycles. The molecule has 9 nitrogen and oxygen atoms in total. The van der Waals surface area contributed by atoms with Gasteiger partial charge in [-0.1, -0.05) is 0 Å². The molecule has 0 fully saturated rings. The standard InChI is InChI=1S/C11H16N4O5/c1-11(2,3)20-10(17)13-5-7(16)6-14-9(13)4-8(12-14)15(18)19/h4,7,16H,5-6H2,1-3H3. The minimum Gasteiger partial charge on any atom is -0.443 e. The molecule has 1 atom stereocenters. The van der Waals surface area contributed by atoms with Crippen molar-refractivity contribution in [1.82, 2.24) is 9.78 Å². The fraction of sp³-hybridized carbons (Fsp3) is 0.636. The highest BCUT2D eigenvalue weighted by atomic mass is 16.6. The van der Waals surface area contributed by atoms with Gasteiger partial charge in [0.2, 0.25) is 0 Å². The molecule has 2 rings (SSSR count). The van der Waals surface area contributed by atoms with E-state index in [-0.39, 0.29) is 24.7 Å². The van der Waals surface area contributed by atoms with Gasteiger partial charge in [0.15, 0.2) is 5.82 Å². The molecule has 1 amide bonds. The molecule has 1 unspecified atom stereocenters. The predicted molar refractivity (Wildman–Crippen MR) is 68.5 cm³/mol. The van der Waals surface area contributed by atoms with E-state index in [0.29, 0.717) is 0 Å². The number of amides is 1. The molecule has 0 spiro atoms. The second-order valence-electron chi connectivity index (χ2n) is 5.54. The van der Waals surface area contributed by atoms with Crippen molar-refractivity contribution in [2.75, 3.05) is 11.4 Å². The third kappa shape index (κ3) is 2.87. The van der Waals surface area contributed by atoms with Gasteiger partial charge in [0.1, 0.15) is 5.60 Å². The Bertz CT molecular complexity index is 547. The molecule has 0 saturated carbocycles. The Morgan fingerprint density at radius 1 is 1.55 bits per heavy atom. The molecule has 0 aliphatic carbocycles. The third-order valence-corrected chi connectivity index (χ3v) is 2.60. The molecule has 110 valence electrons. The Morgan fingerprint density at radius 2 is 2.20 bits per heavy atom. The molecule has 2 heterocycles. The number of anilines is 1. The van der Waals surface area contributed by atoms with Gasteiger partial charge in [0, 0.05) is 0 Å². The maximum Gasteiger partial charge on any atom is 0.416 e. The highest BCUT2D eigenvalue weighted by Crippen LogP contribution is 2.26. The van der Waals surface area contributed by atoms with Gasteiger partial charge in [-0.3, -0.25) is 4.90 Å².